The van der Waals surface area contributed by atoms with Gasteiger partial charge in [-0.25, -0.2) is 13.2 Å². The predicted octanol–water partition coefficient (Wildman–Crippen LogP) is 7.12. The molecule has 0 spiro atoms. The van der Waals surface area contributed by atoms with E-state index in [1.807, 2.05) is 12.1 Å². The molecule has 1 unspecified atom stereocenters. The molecule has 0 heterocycles. The lowest BCUT2D eigenvalue weighted by molar-refractivity contribution is 0.489. The highest BCUT2D eigenvalue weighted by atomic mass is 19.1. The lowest BCUT2D eigenvalue weighted by atomic mass is 9.79. The zero-order valence-corrected chi connectivity index (χ0v) is 17.7. The monoisotopic (exact) mass is 418 g/mol. The van der Waals surface area contributed by atoms with Crippen LogP contribution in [0.15, 0.2) is 54.6 Å². The van der Waals surface area contributed by atoms with Crippen LogP contribution < -0.4 is 0 Å². The second-order valence-electron chi connectivity index (χ2n) is 8.26. The van der Waals surface area contributed by atoms with Crippen molar-refractivity contribution in [3.05, 3.63) is 105 Å². The molecule has 1 atom stereocenters. The number of hydrogen-bond donors (Lipinski definition) is 0. The molecule has 3 aromatic rings. The number of benzene rings is 3. The molecule has 0 nitrogen and oxygen atoms in total. The zero-order chi connectivity index (χ0) is 21.8. The summed E-state index contributed by atoms with van der Waals surface area (Å²) in [5.74, 6) is 4.91. The van der Waals surface area contributed by atoms with Gasteiger partial charge in [-0.05, 0) is 103 Å². The van der Waals surface area contributed by atoms with Crippen LogP contribution in [0.2, 0.25) is 0 Å². The van der Waals surface area contributed by atoms with Crippen molar-refractivity contribution in [1.29, 1.82) is 0 Å². The molecule has 0 bridgehead atoms. The summed E-state index contributed by atoms with van der Waals surface area (Å²) in [5, 5.41) is 0. The molecule has 0 N–H and O–H groups in total. The summed E-state index contributed by atoms with van der Waals surface area (Å²) >= 11 is 0. The average Bonchev–Trinajstić information content (AvgIpc) is 2.76. The summed E-state index contributed by atoms with van der Waals surface area (Å²) in [5.41, 5.74) is 4.92. The van der Waals surface area contributed by atoms with Gasteiger partial charge in [-0.1, -0.05) is 31.3 Å². The number of unbranched alkanes of at least 4 members (excludes halogenated alkanes) is 1. The van der Waals surface area contributed by atoms with Crippen molar-refractivity contribution in [2.45, 2.75) is 51.4 Å². The number of halogens is 3. The molecule has 158 valence electrons. The minimum Gasteiger partial charge on any atom is -0.207 e. The maximum atomic E-state index is 14.8. The first-order chi connectivity index (χ1) is 15.0. The Morgan fingerprint density at radius 2 is 1.52 bits per heavy atom. The minimum atomic E-state index is -0.415. The van der Waals surface area contributed by atoms with Crippen LogP contribution >= 0.6 is 0 Å². The van der Waals surface area contributed by atoms with Crippen molar-refractivity contribution in [2.24, 2.45) is 0 Å². The van der Waals surface area contributed by atoms with Gasteiger partial charge < -0.3 is 0 Å². The van der Waals surface area contributed by atoms with E-state index in [0.717, 1.165) is 41.5 Å². The minimum absolute atomic E-state index is 0.149. The van der Waals surface area contributed by atoms with Crippen molar-refractivity contribution < 1.29 is 13.2 Å². The Morgan fingerprint density at radius 1 is 0.839 bits per heavy atom. The summed E-state index contributed by atoms with van der Waals surface area (Å²) in [7, 11) is 0. The van der Waals surface area contributed by atoms with Crippen molar-refractivity contribution in [1.82, 2.24) is 0 Å². The van der Waals surface area contributed by atoms with Crippen LogP contribution in [0, 0.1) is 29.3 Å². The van der Waals surface area contributed by atoms with Crippen molar-refractivity contribution in [2.75, 3.05) is 0 Å². The molecule has 0 radical (unpaired) electrons. The molecule has 0 aliphatic heterocycles. The largest absolute Gasteiger partial charge is 0.207 e. The van der Waals surface area contributed by atoms with Gasteiger partial charge >= 0.3 is 0 Å². The molecule has 0 fully saturated rings. The topological polar surface area (TPSA) is 0 Å². The average molecular weight is 419 g/mol. The van der Waals surface area contributed by atoms with Gasteiger partial charge in [0.05, 0.1) is 0 Å². The van der Waals surface area contributed by atoms with Gasteiger partial charge in [0.15, 0.2) is 0 Å². The predicted molar refractivity (Wildman–Crippen MR) is 119 cm³/mol. The Balaban J connectivity index is 1.52. The molecule has 3 aromatic carbocycles. The fourth-order valence-electron chi connectivity index (χ4n) is 4.31. The number of hydrogen-bond acceptors (Lipinski definition) is 0. The van der Waals surface area contributed by atoms with Crippen LogP contribution in [-0.4, -0.2) is 0 Å². The second kappa shape index (κ2) is 9.43. The third kappa shape index (κ3) is 5.02. The lowest BCUT2D eigenvalue weighted by Crippen LogP contribution is -2.16. The first-order valence-electron chi connectivity index (χ1n) is 10.9. The molecular weight excluding hydrogens is 393 g/mol. The molecule has 0 amide bonds. The highest BCUT2D eigenvalue weighted by molar-refractivity contribution is 5.47. The molecule has 0 saturated heterocycles. The molecule has 31 heavy (non-hydrogen) atoms. The Bertz CT molecular complexity index is 1110. The van der Waals surface area contributed by atoms with Gasteiger partial charge in [-0.2, -0.15) is 0 Å². The van der Waals surface area contributed by atoms with Gasteiger partial charge in [0.2, 0.25) is 0 Å². The van der Waals surface area contributed by atoms with E-state index in [2.05, 4.69) is 24.8 Å². The molecule has 3 heteroatoms. The van der Waals surface area contributed by atoms with Crippen molar-refractivity contribution in [3.8, 4) is 11.8 Å². The number of rotatable bonds is 4. The number of fused-ring (bicyclic) bond motifs is 1. The fourth-order valence-corrected chi connectivity index (χ4v) is 4.31. The van der Waals surface area contributed by atoms with E-state index in [-0.39, 0.29) is 17.3 Å². The van der Waals surface area contributed by atoms with E-state index in [1.54, 1.807) is 12.1 Å². The van der Waals surface area contributed by atoms with E-state index in [9.17, 15) is 13.2 Å². The maximum Gasteiger partial charge on any atom is 0.129 e. The molecule has 0 saturated carbocycles. The van der Waals surface area contributed by atoms with Crippen LogP contribution in [0.25, 0.3) is 0 Å². The van der Waals surface area contributed by atoms with Crippen molar-refractivity contribution >= 4 is 0 Å². The van der Waals surface area contributed by atoms with E-state index >= 15 is 0 Å². The highest BCUT2D eigenvalue weighted by Gasteiger charge is 2.26. The highest BCUT2D eigenvalue weighted by Crippen LogP contribution is 2.36. The van der Waals surface area contributed by atoms with Crippen molar-refractivity contribution in [3.63, 3.8) is 0 Å². The van der Waals surface area contributed by atoms with Gasteiger partial charge in [-0.15, -0.1) is 0 Å². The van der Waals surface area contributed by atoms with E-state index in [4.69, 9.17) is 0 Å². The van der Waals surface area contributed by atoms with Crippen LogP contribution in [0.3, 0.4) is 0 Å². The summed E-state index contributed by atoms with van der Waals surface area (Å²) in [6.45, 7) is 2.07. The summed E-state index contributed by atoms with van der Waals surface area (Å²) < 4.78 is 42.6. The summed E-state index contributed by atoms with van der Waals surface area (Å²) in [4.78, 5) is 0. The van der Waals surface area contributed by atoms with Crippen LogP contribution in [-0.2, 0) is 19.3 Å². The van der Waals surface area contributed by atoms with Gasteiger partial charge in [0.25, 0.3) is 0 Å². The molecule has 1 aliphatic rings. The number of aryl methyl sites for hydroxylation is 2. The molecular formula is C28H25F3. The lowest BCUT2D eigenvalue weighted by Gasteiger charge is -2.26. The third-order valence-corrected chi connectivity index (χ3v) is 6.00. The summed E-state index contributed by atoms with van der Waals surface area (Å²) in [6, 6.07) is 15.1. The molecule has 1 aliphatic carbocycles. The smallest absolute Gasteiger partial charge is 0.129 e. The van der Waals surface area contributed by atoms with Gasteiger partial charge in [0, 0.05) is 16.7 Å². The molecule has 0 aromatic heterocycles. The molecule has 4 rings (SSSR count). The first kappa shape index (κ1) is 21.2. The zero-order valence-electron chi connectivity index (χ0n) is 17.7. The quantitative estimate of drug-likeness (QED) is 0.396. The normalized spacial score (nSPS) is 15.2. The SMILES string of the molecule is CCCCc1cc(F)c(C2CCc3cc(C#Cc4ccc(F)cc4)ccc3C2)c(F)c1. The van der Waals surface area contributed by atoms with Crippen LogP contribution in [0.1, 0.15) is 65.5 Å². The van der Waals surface area contributed by atoms with Gasteiger partial charge in [0.1, 0.15) is 17.5 Å². The van der Waals surface area contributed by atoms with Crippen LogP contribution in [0.4, 0.5) is 13.2 Å². The second-order valence-corrected chi connectivity index (χ2v) is 8.26. The Labute approximate surface area is 182 Å². The Hall–Kier alpha value is -2.99. The Morgan fingerprint density at radius 3 is 2.23 bits per heavy atom. The van der Waals surface area contributed by atoms with Gasteiger partial charge in [-0.3, -0.25) is 0 Å². The summed E-state index contributed by atoms with van der Waals surface area (Å²) in [6.07, 6.45) is 4.75. The maximum absolute atomic E-state index is 14.8. The third-order valence-electron chi connectivity index (χ3n) is 6.00. The Kier molecular flexibility index (Phi) is 6.47. The fraction of sp³-hybridized carbons (Fsp3) is 0.286. The first-order valence-corrected chi connectivity index (χ1v) is 10.9. The standard InChI is InChI=1S/C28H25F3/c1-2-3-4-21-16-26(30)28(27(31)17-21)24-12-11-22-15-20(7-10-23(22)18-24)6-5-19-8-13-25(29)14-9-19/h7-10,13-17,24H,2-4,11-12,18H2,1H3. The van der Waals surface area contributed by atoms with E-state index in [0.29, 0.717) is 19.3 Å². The van der Waals surface area contributed by atoms with E-state index in [1.165, 1.54) is 29.8 Å². The van der Waals surface area contributed by atoms with E-state index < -0.39 is 11.6 Å². The van der Waals surface area contributed by atoms with Crippen LogP contribution in [0.5, 0.6) is 0 Å².